The molecule has 0 rings (SSSR count). The van der Waals surface area contributed by atoms with Crippen LogP contribution in [-0.2, 0) is 15.2 Å². The number of thiol groups is 1. The van der Waals surface area contributed by atoms with Crippen molar-refractivity contribution in [3.8, 4) is 0 Å². The molecule has 0 amide bonds. The molecule has 0 bridgehead atoms. The molecule has 68 valence electrons. The van der Waals surface area contributed by atoms with Crippen molar-refractivity contribution in [3.05, 3.63) is 0 Å². The standard InChI is InChI=1S/C7H16O3S/c1-2-3-4-5-6-7-10-11(8)9/h11H,2-7H2,1H3. The van der Waals surface area contributed by atoms with E-state index in [9.17, 15) is 8.42 Å². The number of unbranched alkanes of at least 4 members (excludes halogenated alkanes) is 4. The zero-order valence-corrected chi connectivity index (χ0v) is 7.81. The normalized spacial score (nSPS) is 10.7. The first-order chi connectivity index (χ1) is 5.27. The third kappa shape index (κ3) is 9.91. The summed E-state index contributed by atoms with van der Waals surface area (Å²) in [6, 6.07) is 0. The van der Waals surface area contributed by atoms with Gasteiger partial charge in [-0.05, 0) is 6.42 Å². The zero-order valence-electron chi connectivity index (χ0n) is 6.91. The third-order valence-corrected chi connectivity index (χ3v) is 1.84. The monoisotopic (exact) mass is 180 g/mol. The molecule has 0 saturated carbocycles. The van der Waals surface area contributed by atoms with Crippen molar-refractivity contribution >= 4 is 11.0 Å². The van der Waals surface area contributed by atoms with Crippen molar-refractivity contribution in [1.82, 2.24) is 0 Å². The van der Waals surface area contributed by atoms with Crippen LogP contribution in [0.15, 0.2) is 0 Å². The molecule has 0 aliphatic heterocycles. The van der Waals surface area contributed by atoms with Crippen molar-refractivity contribution in [2.45, 2.75) is 39.0 Å². The molecule has 0 unspecified atom stereocenters. The van der Waals surface area contributed by atoms with Gasteiger partial charge in [0, 0.05) is 0 Å². The van der Waals surface area contributed by atoms with Gasteiger partial charge in [0.05, 0.1) is 6.61 Å². The van der Waals surface area contributed by atoms with Crippen LogP contribution in [0.1, 0.15) is 39.0 Å². The third-order valence-electron chi connectivity index (χ3n) is 1.44. The van der Waals surface area contributed by atoms with E-state index < -0.39 is 11.0 Å². The fourth-order valence-corrected chi connectivity index (χ4v) is 1.12. The Morgan fingerprint density at radius 3 is 2.27 bits per heavy atom. The first kappa shape index (κ1) is 10.9. The lowest BCUT2D eigenvalue weighted by atomic mass is 10.2. The lowest BCUT2D eigenvalue weighted by molar-refractivity contribution is 0.320. The SMILES string of the molecule is CCCCCCCO[SH](=O)=O. The predicted octanol–water partition coefficient (Wildman–Crippen LogP) is 1.50. The van der Waals surface area contributed by atoms with Crippen LogP contribution in [0.3, 0.4) is 0 Å². The predicted molar refractivity (Wildman–Crippen MR) is 45.0 cm³/mol. The maximum absolute atomic E-state index is 9.90. The summed E-state index contributed by atoms with van der Waals surface area (Å²) in [7, 11) is -2.62. The minimum Gasteiger partial charge on any atom is -0.272 e. The maximum atomic E-state index is 9.90. The Kier molecular flexibility index (Phi) is 7.95. The molecule has 0 atom stereocenters. The fraction of sp³-hybridized carbons (Fsp3) is 1.00. The fourth-order valence-electron chi connectivity index (χ4n) is 0.845. The molecule has 0 N–H and O–H groups in total. The summed E-state index contributed by atoms with van der Waals surface area (Å²) in [5, 5.41) is 0. The maximum Gasteiger partial charge on any atom is 0.257 e. The lowest BCUT2D eigenvalue weighted by Gasteiger charge is -1.96. The van der Waals surface area contributed by atoms with E-state index in [1.807, 2.05) is 0 Å². The lowest BCUT2D eigenvalue weighted by Crippen LogP contribution is -1.91. The molecule has 0 heterocycles. The van der Waals surface area contributed by atoms with Crippen LogP contribution in [0.25, 0.3) is 0 Å². The second kappa shape index (κ2) is 8.01. The Morgan fingerprint density at radius 2 is 1.73 bits per heavy atom. The van der Waals surface area contributed by atoms with Crippen molar-refractivity contribution in [3.63, 3.8) is 0 Å². The molecule has 3 nitrogen and oxygen atoms in total. The number of hydrogen-bond donors (Lipinski definition) is 1. The van der Waals surface area contributed by atoms with E-state index in [0.717, 1.165) is 12.8 Å². The molecule has 0 aliphatic rings. The molecule has 11 heavy (non-hydrogen) atoms. The molecule has 4 heteroatoms. The summed E-state index contributed by atoms with van der Waals surface area (Å²) in [5.74, 6) is 0. The van der Waals surface area contributed by atoms with Gasteiger partial charge in [0.2, 0.25) is 0 Å². The Labute approximate surface area is 69.9 Å². The molecule has 0 fully saturated rings. The smallest absolute Gasteiger partial charge is 0.257 e. The average Bonchev–Trinajstić information content (AvgIpc) is 1.96. The highest BCUT2D eigenvalue weighted by atomic mass is 32.2. The Hall–Kier alpha value is -0.0900. The Balaban J connectivity index is 2.90. The quantitative estimate of drug-likeness (QED) is 0.477. The van der Waals surface area contributed by atoms with E-state index in [1.54, 1.807) is 0 Å². The van der Waals surface area contributed by atoms with Crippen molar-refractivity contribution < 1.29 is 12.6 Å². The largest absolute Gasteiger partial charge is 0.272 e. The first-order valence-corrected chi connectivity index (χ1v) is 5.14. The minimum atomic E-state index is -2.62. The molecule has 0 saturated heterocycles. The van der Waals surface area contributed by atoms with Crippen LogP contribution in [0.4, 0.5) is 0 Å². The Bertz CT molecular complexity index is 135. The van der Waals surface area contributed by atoms with Crippen LogP contribution in [0.5, 0.6) is 0 Å². The Morgan fingerprint density at radius 1 is 1.09 bits per heavy atom. The zero-order chi connectivity index (χ0) is 8.53. The highest BCUT2D eigenvalue weighted by molar-refractivity contribution is 7.67. The molecular weight excluding hydrogens is 164 g/mol. The summed E-state index contributed by atoms with van der Waals surface area (Å²) in [5.41, 5.74) is 0. The van der Waals surface area contributed by atoms with E-state index in [4.69, 9.17) is 0 Å². The van der Waals surface area contributed by atoms with Crippen LogP contribution in [0, 0.1) is 0 Å². The summed E-state index contributed by atoms with van der Waals surface area (Å²) in [6.45, 7) is 2.49. The van der Waals surface area contributed by atoms with Crippen LogP contribution < -0.4 is 0 Å². The molecule has 0 aromatic rings. The molecule has 0 aliphatic carbocycles. The first-order valence-electron chi connectivity index (χ1n) is 4.04. The summed E-state index contributed by atoms with van der Waals surface area (Å²) in [6.07, 6.45) is 5.52. The minimum absolute atomic E-state index is 0.350. The average molecular weight is 180 g/mol. The molecule has 0 spiro atoms. The van der Waals surface area contributed by atoms with Crippen LogP contribution in [-0.4, -0.2) is 15.0 Å². The van der Waals surface area contributed by atoms with Crippen molar-refractivity contribution in [2.75, 3.05) is 6.61 Å². The molecule has 0 radical (unpaired) electrons. The van der Waals surface area contributed by atoms with E-state index in [-0.39, 0.29) is 0 Å². The van der Waals surface area contributed by atoms with Gasteiger partial charge in [-0.2, -0.15) is 0 Å². The second-order valence-corrected chi connectivity index (χ2v) is 3.18. The van der Waals surface area contributed by atoms with E-state index in [1.165, 1.54) is 19.3 Å². The molecular formula is C7H16O3S. The number of rotatable bonds is 7. The van der Waals surface area contributed by atoms with E-state index >= 15 is 0 Å². The van der Waals surface area contributed by atoms with E-state index in [0.29, 0.717) is 6.61 Å². The second-order valence-electron chi connectivity index (χ2n) is 2.47. The highest BCUT2D eigenvalue weighted by Gasteiger charge is 1.89. The van der Waals surface area contributed by atoms with Gasteiger partial charge in [0.1, 0.15) is 0 Å². The van der Waals surface area contributed by atoms with Gasteiger partial charge in [0.15, 0.2) is 0 Å². The molecule has 0 aromatic heterocycles. The van der Waals surface area contributed by atoms with Gasteiger partial charge in [-0.15, -0.1) is 0 Å². The topological polar surface area (TPSA) is 43.4 Å². The van der Waals surface area contributed by atoms with Gasteiger partial charge in [-0.3, -0.25) is 4.18 Å². The van der Waals surface area contributed by atoms with Gasteiger partial charge >= 0.3 is 0 Å². The van der Waals surface area contributed by atoms with E-state index in [2.05, 4.69) is 11.1 Å². The summed E-state index contributed by atoms with van der Waals surface area (Å²) >= 11 is 0. The molecule has 0 aromatic carbocycles. The summed E-state index contributed by atoms with van der Waals surface area (Å²) < 4.78 is 24.2. The van der Waals surface area contributed by atoms with Gasteiger partial charge in [0.25, 0.3) is 11.0 Å². The summed E-state index contributed by atoms with van der Waals surface area (Å²) in [4.78, 5) is 0. The van der Waals surface area contributed by atoms with Crippen LogP contribution in [0.2, 0.25) is 0 Å². The number of hydrogen-bond acceptors (Lipinski definition) is 3. The highest BCUT2D eigenvalue weighted by Crippen LogP contribution is 2.01. The van der Waals surface area contributed by atoms with Crippen molar-refractivity contribution in [1.29, 1.82) is 0 Å². The van der Waals surface area contributed by atoms with Gasteiger partial charge in [-0.25, -0.2) is 8.42 Å². The van der Waals surface area contributed by atoms with Gasteiger partial charge in [-0.1, -0.05) is 32.6 Å². The van der Waals surface area contributed by atoms with Crippen molar-refractivity contribution in [2.24, 2.45) is 0 Å². The van der Waals surface area contributed by atoms with Gasteiger partial charge < -0.3 is 0 Å². The van der Waals surface area contributed by atoms with Crippen LogP contribution >= 0.6 is 0 Å².